The Kier molecular flexibility index (Phi) is 6.26. The van der Waals surface area contributed by atoms with Gasteiger partial charge in [0.1, 0.15) is 0 Å². The lowest BCUT2D eigenvalue weighted by Crippen LogP contribution is -2.51. The fraction of sp³-hybridized carbons (Fsp3) is 0.857. The van der Waals surface area contributed by atoms with Crippen molar-refractivity contribution in [3.05, 3.63) is 0 Å². The van der Waals surface area contributed by atoms with Crippen molar-refractivity contribution in [2.24, 2.45) is 0 Å². The third-order valence-electron chi connectivity index (χ3n) is 3.53. The minimum absolute atomic E-state index is 0.0468. The molecule has 1 fully saturated rings. The number of carbonyl (C=O) groups excluding carboxylic acids is 1. The van der Waals surface area contributed by atoms with Crippen LogP contribution in [0.1, 0.15) is 46.5 Å². The number of ether oxygens (including phenoxy) is 1. The summed E-state index contributed by atoms with van der Waals surface area (Å²) >= 11 is 0. The van der Waals surface area contributed by atoms with Crippen LogP contribution in [0.2, 0.25) is 0 Å². The molecule has 0 spiro atoms. The van der Waals surface area contributed by atoms with E-state index in [0.29, 0.717) is 19.5 Å². The number of carboxylic acids is 1. The fourth-order valence-corrected chi connectivity index (χ4v) is 2.24. The lowest BCUT2D eigenvalue weighted by molar-refractivity contribution is -0.137. The molecule has 6 nitrogen and oxygen atoms in total. The van der Waals surface area contributed by atoms with E-state index < -0.39 is 11.5 Å². The molecule has 116 valence electrons. The largest absolute Gasteiger partial charge is 0.481 e. The molecule has 2 amide bonds. The summed E-state index contributed by atoms with van der Waals surface area (Å²) in [6, 6.07) is -0.154. The number of rotatable bonds is 7. The summed E-state index contributed by atoms with van der Waals surface area (Å²) in [7, 11) is 0. The highest BCUT2D eigenvalue weighted by Gasteiger charge is 2.26. The summed E-state index contributed by atoms with van der Waals surface area (Å²) in [4.78, 5) is 24.6. The van der Waals surface area contributed by atoms with Crippen LogP contribution < -0.4 is 5.32 Å². The van der Waals surface area contributed by atoms with E-state index in [2.05, 4.69) is 5.32 Å². The quantitative estimate of drug-likeness (QED) is 0.748. The molecule has 0 saturated carbocycles. The fourth-order valence-electron chi connectivity index (χ4n) is 2.24. The molecule has 0 bridgehead atoms. The second-order valence-corrected chi connectivity index (χ2v) is 5.88. The first-order valence-corrected chi connectivity index (χ1v) is 7.24. The summed E-state index contributed by atoms with van der Waals surface area (Å²) < 4.78 is 5.55. The van der Waals surface area contributed by atoms with Crippen molar-refractivity contribution >= 4 is 12.0 Å². The molecule has 2 N–H and O–H groups in total. The van der Waals surface area contributed by atoms with E-state index in [-0.39, 0.29) is 18.6 Å². The zero-order valence-electron chi connectivity index (χ0n) is 12.6. The molecular formula is C14H26N2O4. The normalized spacial score (nSPS) is 18.9. The van der Waals surface area contributed by atoms with Gasteiger partial charge in [-0.2, -0.15) is 0 Å². The Morgan fingerprint density at radius 1 is 1.45 bits per heavy atom. The van der Waals surface area contributed by atoms with Crippen molar-refractivity contribution < 1.29 is 19.4 Å². The highest BCUT2D eigenvalue weighted by Crippen LogP contribution is 2.15. The van der Waals surface area contributed by atoms with Crippen molar-refractivity contribution in [1.82, 2.24) is 10.2 Å². The van der Waals surface area contributed by atoms with Crippen LogP contribution in [0.5, 0.6) is 0 Å². The Bertz CT molecular complexity index is 338. The van der Waals surface area contributed by atoms with E-state index in [4.69, 9.17) is 9.84 Å². The third kappa shape index (κ3) is 5.77. The molecule has 1 aliphatic heterocycles. The Morgan fingerprint density at radius 3 is 2.65 bits per heavy atom. The van der Waals surface area contributed by atoms with Crippen LogP contribution in [0.4, 0.5) is 4.79 Å². The SMILES string of the molecule is CCN(CC1CCCO1)C(=O)NC(C)(C)CCC(=O)O. The third-order valence-corrected chi connectivity index (χ3v) is 3.53. The summed E-state index contributed by atoms with van der Waals surface area (Å²) in [5.74, 6) is -0.848. The second-order valence-electron chi connectivity index (χ2n) is 5.88. The molecule has 1 aliphatic rings. The molecule has 1 unspecified atom stereocenters. The van der Waals surface area contributed by atoms with E-state index in [1.54, 1.807) is 4.90 Å². The molecular weight excluding hydrogens is 260 g/mol. The van der Waals surface area contributed by atoms with Gasteiger partial charge in [-0.25, -0.2) is 4.79 Å². The summed E-state index contributed by atoms with van der Waals surface area (Å²) in [6.07, 6.45) is 2.62. The number of hydrogen-bond acceptors (Lipinski definition) is 3. The van der Waals surface area contributed by atoms with Gasteiger partial charge in [-0.05, 0) is 40.0 Å². The smallest absolute Gasteiger partial charge is 0.317 e. The first-order valence-electron chi connectivity index (χ1n) is 7.24. The van der Waals surface area contributed by atoms with Crippen LogP contribution in [0.25, 0.3) is 0 Å². The average molecular weight is 286 g/mol. The van der Waals surface area contributed by atoms with Gasteiger partial charge in [0.15, 0.2) is 0 Å². The van der Waals surface area contributed by atoms with Crippen molar-refractivity contribution in [2.75, 3.05) is 19.7 Å². The monoisotopic (exact) mass is 286 g/mol. The van der Waals surface area contributed by atoms with Crippen LogP contribution in [-0.4, -0.2) is 53.3 Å². The Labute approximate surface area is 120 Å². The van der Waals surface area contributed by atoms with E-state index in [1.807, 2.05) is 20.8 Å². The molecule has 6 heteroatoms. The molecule has 0 aliphatic carbocycles. The van der Waals surface area contributed by atoms with Crippen LogP contribution >= 0.6 is 0 Å². The number of carboxylic acid groups (broad SMARTS) is 1. The number of amides is 2. The molecule has 0 aromatic carbocycles. The maximum absolute atomic E-state index is 12.2. The molecule has 0 radical (unpaired) electrons. The average Bonchev–Trinajstić information content (AvgIpc) is 2.85. The second kappa shape index (κ2) is 7.47. The Balaban J connectivity index is 2.46. The Morgan fingerprint density at radius 2 is 2.15 bits per heavy atom. The van der Waals surface area contributed by atoms with Gasteiger partial charge < -0.3 is 20.1 Å². The molecule has 20 heavy (non-hydrogen) atoms. The van der Waals surface area contributed by atoms with Gasteiger partial charge in [0, 0.05) is 31.7 Å². The summed E-state index contributed by atoms with van der Waals surface area (Å²) in [6.45, 7) is 7.59. The molecule has 1 atom stereocenters. The number of nitrogens with one attached hydrogen (secondary N) is 1. The van der Waals surface area contributed by atoms with Crippen molar-refractivity contribution in [2.45, 2.75) is 58.1 Å². The topological polar surface area (TPSA) is 78.9 Å². The van der Waals surface area contributed by atoms with Crippen LogP contribution in [0.3, 0.4) is 0 Å². The minimum atomic E-state index is -0.848. The Hall–Kier alpha value is -1.30. The van der Waals surface area contributed by atoms with E-state index in [9.17, 15) is 9.59 Å². The van der Waals surface area contributed by atoms with Crippen LogP contribution in [-0.2, 0) is 9.53 Å². The van der Waals surface area contributed by atoms with Crippen LogP contribution in [0.15, 0.2) is 0 Å². The number of nitrogens with zero attached hydrogens (tertiary/aromatic N) is 1. The number of likely N-dealkylation sites (N-methyl/N-ethyl adjacent to an activating group) is 1. The van der Waals surface area contributed by atoms with Crippen molar-refractivity contribution in [3.8, 4) is 0 Å². The van der Waals surface area contributed by atoms with Gasteiger partial charge in [0.25, 0.3) is 0 Å². The highest BCUT2D eigenvalue weighted by atomic mass is 16.5. The van der Waals surface area contributed by atoms with Gasteiger partial charge in [-0.15, -0.1) is 0 Å². The van der Waals surface area contributed by atoms with E-state index in [0.717, 1.165) is 19.4 Å². The summed E-state index contributed by atoms with van der Waals surface area (Å²) in [5, 5.41) is 11.6. The molecule has 0 aromatic rings. The lowest BCUT2D eigenvalue weighted by atomic mass is 9.99. The van der Waals surface area contributed by atoms with Gasteiger partial charge in [-0.1, -0.05) is 0 Å². The van der Waals surface area contributed by atoms with Gasteiger partial charge in [-0.3, -0.25) is 4.79 Å². The van der Waals surface area contributed by atoms with E-state index >= 15 is 0 Å². The first-order chi connectivity index (χ1) is 9.34. The first kappa shape index (κ1) is 16.8. The van der Waals surface area contributed by atoms with Gasteiger partial charge >= 0.3 is 12.0 Å². The van der Waals surface area contributed by atoms with Gasteiger partial charge in [0.05, 0.1) is 6.10 Å². The van der Waals surface area contributed by atoms with Gasteiger partial charge in [0.2, 0.25) is 0 Å². The van der Waals surface area contributed by atoms with E-state index in [1.165, 1.54) is 0 Å². The molecule has 1 rings (SSSR count). The summed E-state index contributed by atoms with van der Waals surface area (Å²) in [5.41, 5.74) is -0.528. The zero-order chi connectivity index (χ0) is 15.2. The zero-order valence-corrected chi connectivity index (χ0v) is 12.6. The number of aliphatic carboxylic acids is 1. The number of carbonyl (C=O) groups is 2. The molecule has 1 saturated heterocycles. The highest BCUT2D eigenvalue weighted by molar-refractivity contribution is 5.75. The number of hydrogen-bond donors (Lipinski definition) is 2. The maximum Gasteiger partial charge on any atom is 0.317 e. The predicted molar refractivity (Wildman–Crippen MR) is 75.7 cm³/mol. The standard InChI is InChI=1S/C14H26N2O4/c1-4-16(10-11-6-5-9-20-11)13(19)15-14(2,3)8-7-12(17)18/h11H,4-10H2,1-3H3,(H,15,19)(H,17,18). The minimum Gasteiger partial charge on any atom is -0.481 e. The maximum atomic E-state index is 12.2. The molecule has 0 aromatic heterocycles. The van der Waals surface area contributed by atoms with Crippen LogP contribution in [0, 0.1) is 0 Å². The predicted octanol–water partition coefficient (Wildman–Crippen LogP) is 1.84. The molecule has 1 heterocycles. The van der Waals surface area contributed by atoms with Crippen molar-refractivity contribution in [1.29, 1.82) is 0 Å². The lowest BCUT2D eigenvalue weighted by Gasteiger charge is -2.31. The number of urea groups is 1. The van der Waals surface area contributed by atoms with Crippen molar-refractivity contribution in [3.63, 3.8) is 0 Å².